The molecule has 0 radical (unpaired) electrons. The Morgan fingerprint density at radius 3 is 2.63 bits per heavy atom. The fourth-order valence-electron chi connectivity index (χ4n) is 2.84. The minimum atomic E-state index is 0.767. The van der Waals surface area contributed by atoms with Gasteiger partial charge >= 0.3 is 0 Å². The molecule has 2 nitrogen and oxygen atoms in total. The number of hydrogen-bond donors (Lipinski definition) is 1. The molecule has 1 aliphatic carbocycles. The highest BCUT2D eigenvalue weighted by Gasteiger charge is 2.13. The molecule has 19 heavy (non-hydrogen) atoms. The highest BCUT2D eigenvalue weighted by molar-refractivity contribution is 5.41. The van der Waals surface area contributed by atoms with Gasteiger partial charge in [-0.25, -0.2) is 0 Å². The van der Waals surface area contributed by atoms with Crippen molar-refractivity contribution in [3.05, 3.63) is 28.8 Å². The molecule has 1 N–H and O–H groups in total. The largest absolute Gasteiger partial charge is 0.493 e. The normalized spacial score (nSPS) is 15.9. The third-order valence-corrected chi connectivity index (χ3v) is 4.13. The van der Waals surface area contributed by atoms with E-state index >= 15 is 0 Å². The van der Waals surface area contributed by atoms with Crippen LogP contribution in [0.25, 0.3) is 0 Å². The highest BCUT2D eigenvalue weighted by Crippen LogP contribution is 2.23. The van der Waals surface area contributed by atoms with Crippen LogP contribution in [0.15, 0.2) is 12.1 Å². The summed E-state index contributed by atoms with van der Waals surface area (Å²) in [5, 5.41) is 3.63. The lowest BCUT2D eigenvalue weighted by atomic mass is 10.1. The number of rotatable bonds is 6. The van der Waals surface area contributed by atoms with E-state index in [9.17, 15) is 0 Å². The molecule has 2 heteroatoms. The summed E-state index contributed by atoms with van der Waals surface area (Å²) < 4.78 is 5.92. The van der Waals surface area contributed by atoms with E-state index in [-0.39, 0.29) is 0 Å². The molecule has 1 aromatic rings. The number of hydrogen-bond acceptors (Lipinski definition) is 2. The predicted molar refractivity (Wildman–Crippen MR) is 81.0 cm³/mol. The average molecular weight is 261 g/mol. The third-order valence-electron chi connectivity index (χ3n) is 4.13. The first-order chi connectivity index (χ1) is 9.16. The van der Waals surface area contributed by atoms with Gasteiger partial charge in [0.05, 0.1) is 6.61 Å². The average Bonchev–Trinajstić information content (AvgIpc) is 2.87. The minimum absolute atomic E-state index is 0.767. The molecule has 2 rings (SSSR count). The Kier molecular flexibility index (Phi) is 5.26. The van der Waals surface area contributed by atoms with E-state index in [1.54, 1.807) is 0 Å². The maximum absolute atomic E-state index is 5.92. The second-order valence-electron chi connectivity index (χ2n) is 5.84. The zero-order valence-electron chi connectivity index (χ0n) is 12.6. The molecule has 0 amide bonds. The zero-order valence-corrected chi connectivity index (χ0v) is 12.6. The van der Waals surface area contributed by atoms with E-state index in [1.807, 2.05) is 0 Å². The van der Waals surface area contributed by atoms with Gasteiger partial charge in [0.15, 0.2) is 0 Å². The van der Waals surface area contributed by atoms with Crippen molar-refractivity contribution in [3.8, 4) is 5.75 Å². The van der Waals surface area contributed by atoms with Crippen LogP contribution in [0.5, 0.6) is 5.75 Å². The van der Waals surface area contributed by atoms with Crippen LogP contribution in [0.1, 0.15) is 48.8 Å². The van der Waals surface area contributed by atoms with Gasteiger partial charge in [-0.3, -0.25) is 0 Å². The molecular formula is C17H27NO. The zero-order chi connectivity index (χ0) is 13.7. The van der Waals surface area contributed by atoms with Gasteiger partial charge in [-0.1, -0.05) is 18.9 Å². The van der Waals surface area contributed by atoms with Crippen LogP contribution in [0.4, 0.5) is 0 Å². The predicted octanol–water partition coefficient (Wildman–Crippen LogP) is 3.91. The second-order valence-corrected chi connectivity index (χ2v) is 5.84. The van der Waals surface area contributed by atoms with Crippen LogP contribution in [0.2, 0.25) is 0 Å². The Labute approximate surface area is 117 Å². The number of aryl methyl sites for hydroxylation is 2. The van der Waals surface area contributed by atoms with Crippen LogP contribution < -0.4 is 10.1 Å². The van der Waals surface area contributed by atoms with Gasteiger partial charge in [0.25, 0.3) is 0 Å². The van der Waals surface area contributed by atoms with Crippen molar-refractivity contribution in [2.24, 2.45) is 0 Å². The fourth-order valence-corrected chi connectivity index (χ4v) is 2.84. The molecular weight excluding hydrogens is 234 g/mol. The second kappa shape index (κ2) is 6.95. The fraction of sp³-hybridized carbons (Fsp3) is 0.647. The van der Waals surface area contributed by atoms with E-state index in [0.29, 0.717) is 0 Å². The Bertz CT molecular complexity index is 408. The van der Waals surface area contributed by atoms with Crippen LogP contribution in [-0.2, 0) is 0 Å². The summed E-state index contributed by atoms with van der Waals surface area (Å²) in [6.45, 7) is 8.30. The Balaban J connectivity index is 1.70. The van der Waals surface area contributed by atoms with Gasteiger partial charge in [0.2, 0.25) is 0 Å². The van der Waals surface area contributed by atoms with Crippen LogP contribution in [0.3, 0.4) is 0 Å². The number of ether oxygens (including phenoxy) is 1. The maximum atomic E-state index is 5.92. The molecule has 0 atom stereocenters. The van der Waals surface area contributed by atoms with Gasteiger partial charge < -0.3 is 10.1 Å². The molecule has 0 heterocycles. The van der Waals surface area contributed by atoms with Crippen molar-refractivity contribution in [2.75, 3.05) is 13.2 Å². The molecule has 1 aromatic carbocycles. The summed E-state index contributed by atoms with van der Waals surface area (Å²) in [6.07, 6.45) is 6.60. The quantitative estimate of drug-likeness (QED) is 0.784. The smallest absolute Gasteiger partial charge is 0.122 e. The summed E-state index contributed by atoms with van der Waals surface area (Å²) in [5.41, 5.74) is 3.87. The number of nitrogens with one attached hydrogen (secondary N) is 1. The van der Waals surface area contributed by atoms with Crippen LogP contribution in [0, 0.1) is 20.8 Å². The maximum Gasteiger partial charge on any atom is 0.122 e. The van der Waals surface area contributed by atoms with Crippen molar-refractivity contribution < 1.29 is 4.74 Å². The van der Waals surface area contributed by atoms with Gasteiger partial charge in [-0.05, 0) is 69.3 Å². The van der Waals surface area contributed by atoms with Crippen LogP contribution >= 0.6 is 0 Å². The van der Waals surface area contributed by atoms with Gasteiger partial charge in [-0.2, -0.15) is 0 Å². The van der Waals surface area contributed by atoms with E-state index in [4.69, 9.17) is 4.74 Å². The lowest BCUT2D eigenvalue weighted by molar-refractivity contribution is 0.302. The van der Waals surface area contributed by atoms with Gasteiger partial charge in [0.1, 0.15) is 5.75 Å². The molecule has 0 saturated heterocycles. The Morgan fingerprint density at radius 2 is 1.89 bits per heavy atom. The SMILES string of the molecule is Cc1cc(C)c(C)c(OCCCNC2CCCC2)c1. The van der Waals surface area contributed by atoms with E-state index in [0.717, 1.165) is 31.4 Å². The lowest BCUT2D eigenvalue weighted by Crippen LogP contribution is -2.27. The molecule has 0 aromatic heterocycles. The van der Waals surface area contributed by atoms with Crippen molar-refractivity contribution in [2.45, 2.75) is 58.9 Å². The first-order valence-corrected chi connectivity index (χ1v) is 7.61. The molecule has 0 bridgehead atoms. The van der Waals surface area contributed by atoms with Gasteiger partial charge in [0, 0.05) is 6.04 Å². The summed E-state index contributed by atoms with van der Waals surface area (Å²) in [5.74, 6) is 1.05. The van der Waals surface area contributed by atoms with Crippen molar-refractivity contribution >= 4 is 0 Å². The van der Waals surface area contributed by atoms with Gasteiger partial charge in [-0.15, -0.1) is 0 Å². The molecule has 0 unspecified atom stereocenters. The first kappa shape index (κ1) is 14.4. The summed E-state index contributed by atoms with van der Waals surface area (Å²) >= 11 is 0. The van der Waals surface area contributed by atoms with E-state index in [1.165, 1.54) is 42.4 Å². The first-order valence-electron chi connectivity index (χ1n) is 7.61. The summed E-state index contributed by atoms with van der Waals surface area (Å²) in [4.78, 5) is 0. The van der Waals surface area contributed by atoms with Crippen LogP contribution in [-0.4, -0.2) is 19.2 Å². The molecule has 0 spiro atoms. The van der Waals surface area contributed by atoms with E-state index < -0.39 is 0 Å². The van der Waals surface area contributed by atoms with Crippen molar-refractivity contribution in [3.63, 3.8) is 0 Å². The highest BCUT2D eigenvalue weighted by atomic mass is 16.5. The standard InChI is InChI=1S/C17H27NO/c1-13-11-14(2)15(3)17(12-13)19-10-6-9-18-16-7-4-5-8-16/h11-12,16,18H,4-10H2,1-3H3. The molecule has 1 aliphatic rings. The Hall–Kier alpha value is -1.02. The molecule has 1 saturated carbocycles. The molecule has 1 fully saturated rings. The number of benzene rings is 1. The van der Waals surface area contributed by atoms with E-state index in [2.05, 4.69) is 38.2 Å². The topological polar surface area (TPSA) is 21.3 Å². The lowest BCUT2D eigenvalue weighted by Gasteiger charge is -2.14. The summed E-state index contributed by atoms with van der Waals surface area (Å²) in [7, 11) is 0. The minimum Gasteiger partial charge on any atom is -0.493 e. The van der Waals surface area contributed by atoms with Crippen molar-refractivity contribution in [1.82, 2.24) is 5.32 Å². The Morgan fingerprint density at radius 1 is 1.16 bits per heavy atom. The molecule has 0 aliphatic heterocycles. The van der Waals surface area contributed by atoms with Crippen molar-refractivity contribution in [1.29, 1.82) is 0 Å². The summed E-state index contributed by atoms with van der Waals surface area (Å²) in [6, 6.07) is 5.12. The molecule has 106 valence electrons. The third kappa shape index (κ3) is 4.24. The monoisotopic (exact) mass is 261 g/mol.